The largest absolute Gasteiger partial charge is 0.395 e. The summed E-state index contributed by atoms with van der Waals surface area (Å²) in [5, 5.41) is 0. The first-order chi connectivity index (χ1) is 9.50. The molecule has 0 radical (unpaired) electrons. The lowest BCUT2D eigenvalue weighted by Gasteiger charge is -2.09. The Bertz CT molecular complexity index is 690. The number of hydrogen-bond acceptors (Lipinski definition) is 4. The van der Waals surface area contributed by atoms with Crippen molar-refractivity contribution in [3.05, 3.63) is 54.1 Å². The molecular formula is C13H14FN3O2S. The van der Waals surface area contributed by atoms with E-state index in [2.05, 4.69) is 9.71 Å². The second-order valence-electron chi connectivity index (χ2n) is 4.15. The van der Waals surface area contributed by atoms with Crippen molar-refractivity contribution < 1.29 is 12.8 Å². The highest BCUT2D eigenvalue weighted by Gasteiger charge is 2.18. The van der Waals surface area contributed by atoms with E-state index in [1.54, 1.807) is 24.5 Å². The Balaban J connectivity index is 2.06. The molecule has 5 nitrogen and oxygen atoms in total. The van der Waals surface area contributed by atoms with Gasteiger partial charge in [-0.3, -0.25) is 4.98 Å². The van der Waals surface area contributed by atoms with Crippen molar-refractivity contribution in [1.82, 2.24) is 9.71 Å². The summed E-state index contributed by atoms with van der Waals surface area (Å²) in [6.45, 7) is 0.197. The van der Waals surface area contributed by atoms with E-state index >= 15 is 0 Å². The number of aromatic nitrogens is 1. The number of benzene rings is 1. The molecule has 0 saturated heterocycles. The minimum atomic E-state index is -3.81. The molecule has 20 heavy (non-hydrogen) atoms. The first-order valence-corrected chi connectivity index (χ1v) is 7.41. The maximum atomic E-state index is 13.3. The van der Waals surface area contributed by atoms with Crippen LogP contribution >= 0.6 is 0 Å². The molecule has 0 aliphatic rings. The zero-order valence-electron chi connectivity index (χ0n) is 10.6. The molecule has 1 heterocycles. The van der Waals surface area contributed by atoms with Crippen LogP contribution in [0.2, 0.25) is 0 Å². The molecular weight excluding hydrogens is 281 g/mol. The van der Waals surface area contributed by atoms with Crippen LogP contribution in [-0.4, -0.2) is 19.9 Å². The first-order valence-electron chi connectivity index (χ1n) is 5.93. The fourth-order valence-corrected chi connectivity index (χ4v) is 2.88. The second kappa shape index (κ2) is 5.98. The molecule has 0 saturated carbocycles. The van der Waals surface area contributed by atoms with E-state index in [-0.39, 0.29) is 17.1 Å². The van der Waals surface area contributed by atoms with Gasteiger partial charge in [-0.05, 0) is 36.2 Å². The summed E-state index contributed by atoms with van der Waals surface area (Å²) in [4.78, 5) is 3.63. The van der Waals surface area contributed by atoms with Gasteiger partial charge in [0.1, 0.15) is 10.7 Å². The zero-order chi connectivity index (χ0) is 14.6. The van der Waals surface area contributed by atoms with Crippen molar-refractivity contribution in [2.24, 2.45) is 0 Å². The Labute approximate surface area is 116 Å². The number of nitrogen functional groups attached to an aromatic ring is 1. The van der Waals surface area contributed by atoms with Crippen LogP contribution in [0.1, 0.15) is 5.56 Å². The van der Waals surface area contributed by atoms with Gasteiger partial charge >= 0.3 is 0 Å². The van der Waals surface area contributed by atoms with Crippen LogP contribution in [0.3, 0.4) is 0 Å². The molecule has 1 aromatic heterocycles. The maximum Gasteiger partial charge on any atom is 0.242 e. The van der Waals surface area contributed by atoms with Crippen molar-refractivity contribution in [2.75, 3.05) is 12.3 Å². The molecule has 1 aromatic carbocycles. The van der Waals surface area contributed by atoms with Crippen LogP contribution in [0.15, 0.2) is 47.6 Å². The van der Waals surface area contributed by atoms with E-state index in [0.717, 1.165) is 11.6 Å². The van der Waals surface area contributed by atoms with Crippen LogP contribution in [0.5, 0.6) is 0 Å². The summed E-state index contributed by atoms with van der Waals surface area (Å²) in [7, 11) is -3.81. The molecule has 0 atom stereocenters. The van der Waals surface area contributed by atoms with Gasteiger partial charge in [-0.25, -0.2) is 17.5 Å². The molecule has 2 aromatic rings. The quantitative estimate of drug-likeness (QED) is 0.815. The SMILES string of the molecule is Nc1c(F)cccc1S(=O)(=O)NCCc1ccncc1. The molecule has 2 rings (SSSR count). The number of para-hydroxylation sites is 1. The Morgan fingerprint density at radius 3 is 2.60 bits per heavy atom. The fourth-order valence-electron chi connectivity index (χ4n) is 1.71. The van der Waals surface area contributed by atoms with Gasteiger partial charge in [0.15, 0.2) is 0 Å². The average molecular weight is 295 g/mol. The molecule has 7 heteroatoms. The predicted octanol–water partition coefficient (Wildman–Crippen LogP) is 1.32. The number of hydrogen-bond donors (Lipinski definition) is 2. The van der Waals surface area contributed by atoms with Crippen LogP contribution in [0.25, 0.3) is 0 Å². The standard InChI is InChI=1S/C13H14FN3O2S/c14-11-2-1-3-12(13(11)15)20(18,19)17-9-6-10-4-7-16-8-5-10/h1-5,7-8,17H,6,9,15H2. The molecule has 3 N–H and O–H groups in total. The van der Waals surface area contributed by atoms with Crippen LogP contribution < -0.4 is 10.5 Å². The number of halogens is 1. The molecule has 106 valence electrons. The Kier molecular flexibility index (Phi) is 4.31. The van der Waals surface area contributed by atoms with Gasteiger partial charge in [-0.2, -0.15) is 0 Å². The van der Waals surface area contributed by atoms with Gasteiger partial charge in [0.2, 0.25) is 10.0 Å². The fraction of sp³-hybridized carbons (Fsp3) is 0.154. The number of anilines is 1. The van der Waals surface area contributed by atoms with Crippen LogP contribution in [-0.2, 0) is 16.4 Å². The van der Waals surface area contributed by atoms with E-state index in [4.69, 9.17) is 5.73 Å². The third-order valence-electron chi connectivity index (χ3n) is 2.76. The van der Waals surface area contributed by atoms with Gasteiger partial charge in [0, 0.05) is 18.9 Å². The Hall–Kier alpha value is -1.99. The maximum absolute atomic E-state index is 13.3. The Morgan fingerprint density at radius 1 is 1.20 bits per heavy atom. The van der Waals surface area contributed by atoms with Crippen LogP contribution in [0.4, 0.5) is 10.1 Å². The number of nitrogens with one attached hydrogen (secondary N) is 1. The number of pyridine rings is 1. The molecule has 0 amide bonds. The third-order valence-corrected chi connectivity index (χ3v) is 4.28. The zero-order valence-corrected chi connectivity index (χ0v) is 11.4. The van der Waals surface area contributed by atoms with E-state index in [0.29, 0.717) is 6.42 Å². The lowest BCUT2D eigenvalue weighted by atomic mass is 10.2. The normalized spacial score (nSPS) is 11.4. The average Bonchev–Trinajstić information content (AvgIpc) is 2.42. The van der Waals surface area contributed by atoms with Crippen molar-refractivity contribution in [3.63, 3.8) is 0 Å². The summed E-state index contributed by atoms with van der Waals surface area (Å²) < 4.78 is 39.7. The van der Waals surface area contributed by atoms with Gasteiger partial charge in [0.05, 0.1) is 5.69 Å². The molecule has 0 aliphatic heterocycles. The molecule has 0 bridgehead atoms. The summed E-state index contributed by atoms with van der Waals surface area (Å²) in [5.74, 6) is -0.748. The predicted molar refractivity (Wildman–Crippen MR) is 73.9 cm³/mol. The van der Waals surface area contributed by atoms with E-state index in [1.165, 1.54) is 12.1 Å². The van der Waals surface area contributed by atoms with Crippen LogP contribution in [0, 0.1) is 5.82 Å². The highest BCUT2D eigenvalue weighted by Crippen LogP contribution is 2.20. The monoisotopic (exact) mass is 295 g/mol. The lowest BCUT2D eigenvalue weighted by molar-refractivity contribution is 0.579. The minimum Gasteiger partial charge on any atom is -0.395 e. The molecule has 0 spiro atoms. The van der Waals surface area contributed by atoms with E-state index in [1.807, 2.05) is 0 Å². The summed E-state index contributed by atoms with van der Waals surface area (Å²) >= 11 is 0. The first kappa shape index (κ1) is 14.4. The van der Waals surface area contributed by atoms with Crippen molar-refractivity contribution in [2.45, 2.75) is 11.3 Å². The number of rotatable bonds is 5. The molecule has 0 fully saturated rings. The number of sulfonamides is 1. The Morgan fingerprint density at radius 2 is 1.90 bits per heavy atom. The molecule has 0 aliphatic carbocycles. The van der Waals surface area contributed by atoms with Gasteiger partial charge < -0.3 is 5.73 Å². The number of nitrogens with two attached hydrogens (primary N) is 1. The smallest absolute Gasteiger partial charge is 0.242 e. The molecule has 0 unspecified atom stereocenters. The van der Waals surface area contributed by atoms with E-state index in [9.17, 15) is 12.8 Å². The number of nitrogens with zero attached hydrogens (tertiary/aromatic N) is 1. The van der Waals surface area contributed by atoms with Crippen molar-refractivity contribution >= 4 is 15.7 Å². The summed E-state index contributed by atoms with van der Waals surface area (Å²) in [6, 6.07) is 7.29. The van der Waals surface area contributed by atoms with Gasteiger partial charge in [-0.15, -0.1) is 0 Å². The minimum absolute atomic E-state index is 0.197. The van der Waals surface area contributed by atoms with Crippen molar-refractivity contribution in [1.29, 1.82) is 0 Å². The highest BCUT2D eigenvalue weighted by molar-refractivity contribution is 7.89. The van der Waals surface area contributed by atoms with Gasteiger partial charge in [0.25, 0.3) is 0 Å². The lowest BCUT2D eigenvalue weighted by Crippen LogP contribution is -2.27. The second-order valence-corrected chi connectivity index (χ2v) is 5.89. The highest BCUT2D eigenvalue weighted by atomic mass is 32.2. The van der Waals surface area contributed by atoms with Gasteiger partial charge in [-0.1, -0.05) is 6.07 Å². The topological polar surface area (TPSA) is 85.1 Å². The van der Waals surface area contributed by atoms with E-state index < -0.39 is 15.8 Å². The van der Waals surface area contributed by atoms with Crippen molar-refractivity contribution in [3.8, 4) is 0 Å². The third kappa shape index (κ3) is 3.31. The summed E-state index contributed by atoms with van der Waals surface area (Å²) in [5.41, 5.74) is 6.03. The summed E-state index contributed by atoms with van der Waals surface area (Å²) in [6.07, 6.45) is 3.78.